The van der Waals surface area contributed by atoms with Gasteiger partial charge in [-0.1, -0.05) is 27.7 Å². The van der Waals surface area contributed by atoms with Crippen LogP contribution in [0.4, 0.5) is 0 Å². The zero-order valence-electron chi connectivity index (χ0n) is 10.9. The normalized spacial score (nSPS) is 33.6. The smallest absolute Gasteiger partial charge is 0.166 e. The molecule has 0 unspecified atom stereocenters. The summed E-state index contributed by atoms with van der Waals surface area (Å²) in [4.78, 5) is 11.8. The predicted molar refractivity (Wildman–Crippen MR) is 63.7 cm³/mol. The molecule has 1 aliphatic rings. The molecular weight excluding hydrogens is 222 g/mol. The van der Waals surface area contributed by atoms with Crippen LogP contribution in [0.3, 0.4) is 0 Å². The molecule has 0 aromatic rings. The van der Waals surface area contributed by atoms with E-state index in [0.717, 1.165) is 0 Å². The zero-order chi connectivity index (χ0) is 13.2. The summed E-state index contributed by atoms with van der Waals surface area (Å²) in [5, 5.41) is 22.7. The van der Waals surface area contributed by atoms with Crippen LogP contribution in [0.2, 0.25) is 0 Å². The molecule has 17 heavy (non-hydrogen) atoms. The zero-order valence-corrected chi connectivity index (χ0v) is 10.9. The molecule has 0 radical (unpaired) electrons. The topological polar surface area (TPSA) is 78.8 Å². The van der Waals surface area contributed by atoms with E-state index in [2.05, 4.69) is 5.32 Å². The Kier molecular flexibility index (Phi) is 5.06. The van der Waals surface area contributed by atoms with E-state index in [0.29, 0.717) is 6.54 Å². The SMILES string of the molecule is CC(C)NC[C@H]1O[C@H](C(=O)C(C)C)[C@H](O)[C@@H]1O. The number of hydrogen-bond acceptors (Lipinski definition) is 5. The number of carbonyl (C=O) groups excluding carboxylic acids is 1. The van der Waals surface area contributed by atoms with Crippen molar-refractivity contribution in [2.75, 3.05) is 6.54 Å². The number of aliphatic hydroxyl groups excluding tert-OH is 2. The first-order valence-electron chi connectivity index (χ1n) is 6.13. The molecule has 1 heterocycles. The van der Waals surface area contributed by atoms with Gasteiger partial charge in [0.15, 0.2) is 5.78 Å². The van der Waals surface area contributed by atoms with Gasteiger partial charge in [-0.3, -0.25) is 4.79 Å². The lowest BCUT2D eigenvalue weighted by Gasteiger charge is -2.17. The standard InChI is InChI=1S/C12H23NO4/c1-6(2)9(14)12-11(16)10(15)8(17-12)5-13-7(3)4/h6-8,10-13,15-16H,5H2,1-4H3/t8-,10-,11-,12-/m1/s1. The van der Waals surface area contributed by atoms with Gasteiger partial charge >= 0.3 is 0 Å². The minimum atomic E-state index is -1.12. The van der Waals surface area contributed by atoms with Crippen LogP contribution in [0.5, 0.6) is 0 Å². The Bertz CT molecular complexity index is 267. The van der Waals surface area contributed by atoms with Crippen molar-refractivity contribution >= 4 is 5.78 Å². The van der Waals surface area contributed by atoms with Crippen molar-refractivity contribution < 1.29 is 19.7 Å². The maximum atomic E-state index is 11.8. The number of rotatable bonds is 5. The first kappa shape index (κ1) is 14.6. The molecule has 0 aromatic carbocycles. The fraction of sp³-hybridized carbons (Fsp3) is 0.917. The molecule has 1 rings (SSSR count). The molecule has 0 bridgehead atoms. The fourth-order valence-electron chi connectivity index (χ4n) is 1.83. The second kappa shape index (κ2) is 5.91. The van der Waals surface area contributed by atoms with Gasteiger partial charge in [0.05, 0.1) is 6.10 Å². The van der Waals surface area contributed by atoms with Gasteiger partial charge in [0.1, 0.15) is 18.3 Å². The maximum Gasteiger partial charge on any atom is 0.166 e. The molecule has 0 aliphatic carbocycles. The van der Waals surface area contributed by atoms with E-state index in [-0.39, 0.29) is 17.7 Å². The molecule has 5 nitrogen and oxygen atoms in total. The highest BCUT2D eigenvalue weighted by Gasteiger charge is 2.46. The number of ether oxygens (including phenoxy) is 1. The lowest BCUT2D eigenvalue weighted by Crippen LogP contribution is -2.40. The molecule has 5 heteroatoms. The van der Waals surface area contributed by atoms with Gasteiger partial charge in [-0.2, -0.15) is 0 Å². The summed E-state index contributed by atoms with van der Waals surface area (Å²) in [7, 11) is 0. The maximum absolute atomic E-state index is 11.8. The average molecular weight is 245 g/mol. The van der Waals surface area contributed by atoms with E-state index in [1.54, 1.807) is 13.8 Å². The molecular formula is C12H23NO4. The molecule has 1 fully saturated rings. The minimum absolute atomic E-state index is 0.163. The van der Waals surface area contributed by atoms with Gasteiger partial charge in [0.25, 0.3) is 0 Å². The molecule has 3 N–H and O–H groups in total. The van der Waals surface area contributed by atoms with Crippen LogP contribution in [0.1, 0.15) is 27.7 Å². The monoisotopic (exact) mass is 245 g/mol. The van der Waals surface area contributed by atoms with Crippen LogP contribution in [-0.4, -0.2) is 53.0 Å². The Morgan fingerprint density at radius 2 is 1.82 bits per heavy atom. The van der Waals surface area contributed by atoms with Gasteiger partial charge in [0, 0.05) is 18.5 Å². The largest absolute Gasteiger partial charge is 0.388 e. The molecule has 1 aliphatic heterocycles. The summed E-state index contributed by atoms with van der Waals surface area (Å²) in [6.07, 6.45) is -3.55. The van der Waals surface area contributed by atoms with Gasteiger partial charge < -0.3 is 20.3 Å². The van der Waals surface area contributed by atoms with Crippen LogP contribution in [0.25, 0.3) is 0 Å². The summed E-state index contributed by atoms with van der Waals surface area (Å²) in [5.41, 5.74) is 0. The van der Waals surface area contributed by atoms with Crippen molar-refractivity contribution in [1.82, 2.24) is 5.32 Å². The predicted octanol–water partition coefficient (Wildman–Crippen LogP) is -0.301. The van der Waals surface area contributed by atoms with E-state index < -0.39 is 24.4 Å². The minimum Gasteiger partial charge on any atom is -0.388 e. The Hall–Kier alpha value is -0.490. The third-order valence-electron chi connectivity index (χ3n) is 2.94. The Balaban J connectivity index is 2.59. The number of ketones is 1. The molecule has 4 atom stereocenters. The van der Waals surface area contributed by atoms with E-state index in [4.69, 9.17) is 4.74 Å². The first-order valence-corrected chi connectivity index (χ1v) is 6.13. The number of aliphatic hydroxyl groups is 2. The van der Waals surface area contributed by atoms with Crippen molar-refractivity contribution in [3.8, 4) is 0 Å². The number of hydrogen-bond donors (Lipinski definition) is 3. The molecule has 0 saturated carbocycles. The fourth-order valence-corrected chi connectivity index (χ4v) is 1.83. The molecule has 1 saturated heterocycles. The summed E-state index contributed by atoms with van der Waals surface area (Å²) in [6.45, 7) is 7.90. The first-order chi connectivity index (χ1) is 7.84. The van der Waals surface area contributed by atoms with Crippen molar-refractivity contribution in [2.24, 2.45) is 5.92 Å². The second-order valence-electron chi connectivity index (χ2n) is 5.20. The van der Waals surface area contributed by atoms with Crippen molar-refractivity contribution in [3.63, 3.8) is 0 Å². The summed E-state index contributed by atoms with van der Waals surface area (Å²) < 4.78 is 5.45. The highest BCUT2D eigenvalue weighted by atomic mass is 16.5. The Morgan fingerprint density at radius 3 is 2.29 bits per heavy atom. The van der Waals surface area contributed by atoms with Gasteiger partial charge in [-0.05, 0) is 0 Å². The molecule has 0 amide bonds. The highest BCUT2D eigenvalue weighted by molar-refractivity contribution is 5.85. The van der Waals surface area contributed by atoms with Gasteiger partial charge in [0.2, 0.25) is 0 Å². The Labute approximate surface area is 102 Å². The third-order valence-corrected chi connectivity index (χ3v) is 2.94. The van der Waals surface area contributed by atoms with Gasteiger partial charge in [-0.15, -0.1) is 0 Å². The van der Waals surface area contributed by atoms with Crippen LogP contribution in [-0.2, 0) is 9.53 Å². The van der Waals surface area contributed by atoms with E-state index >= 15 is 0 Å². The van der Waals surface area contributed by atoms with Crippen molar-refractivity contribution in [3.05, 3.63) is 0 Å². The van der Waals surface area contributed by atoms with Gasteiger partial charge in [-0.25, -0.2) is 0 Å². The summed E-state index contributed by atoms with van der Waals surface area (Å²) in [5.74, 6) is -0.373. The number of nitrogens with one attached hydrogen (secondary N) is 1. The van der Waals surface area contributed by atoms with Crippen molar-refractivity contribution in [2.45, 2.75) is 58.2 Å². The second-order valence-corrected chi connectivity index (χ2v) is 5.20. The highest BCUT2D eigenvalue weighted by Crippen LogP contribution is 2.23. The van der Waals surface area contributed by atoms with E-state index in [9.17, 15) is 15.0 Å². The average Bonchev–Trinajstić information content (AvgIpc) is 2.52. The third kappa shape index (κ3) is 3.48. The lowest BCUT2D eigenvalue weighted by molar-refractivity contribution is -0.136. The summed E-state index contributed by atoms with van der Waals surface area (Å²) >= 11 is 0. The van der Waals surface area contributed by atoms with Crippen LogP contribution in [0, 0.1) is 5.92 Å². The number of Topliss-reactive ketones (excluding diaryl/α,β-unsaturated/α-hetero) is 1. The molecule has 100 valence electrons. The quantitative estimate of drug-likeness (QED) is 0.620. The van der Waals surface area contributed by atoms with Crippen LogP contribution < -0.4 is 5.32 Å². The van der Waals surface area contributed by atoms with Crippen LogP contribution in [0.15, 0.2) is 0 Å². The van der Waals surface area contributed by atoms with Crippen molar-refractivity contribution in [1.29, 1.82) is 0 Å². The summed E-state index contributed by atoms with van der Waals surface area (Å²) in [6, 6.07) is 0.266. The van der Waals surface area contributed by atoms with E-state index in [1.165, 1.54) is 0 Å². The van der Waals surface area contributed by atoms with E-state index in [1.807, 2.05) is 13.8 Å². The molecule has 0 aromatic heterocycles. The van der Waals surface area contributed by atoms with Crippen LogP contribution >= 0.6 is 0 Å². The number of carbonyl (C=O) groups is 1. The Morgan fingerprint density at radius 1 is 1.24 bits per heavy atom. The lowest BCUT2D eigenvalue weighted by atomic mass is 9.98. The molecule has 0 spiro atoms.